The number of aryl methyl sites for hydroxylation is 2. The van der Waals surface area contributed by atoms with Gasteiger partial charge in [-0.25, -0.2) is 13.6 Å². The number of benzene rings is 1. The van der Waals surface area contributed by atoms with E-state index in [9.17, 15) is 12.8 Å². The Labute approximate surface area is 101 Å². The molecule has 1 aromatic carbocycles. The zero-order valence-electron chi connectivity index (χ0n) is 9.86. The maximum atomic E-state index is 12.0. The Morgan fingerprint density at radius 1 is 1.35 bits per heavy atom. The largest absolute Gasteiger partial charge is 0.492 e. The van der Waals surface area contributed by atoms with Crippen LogP contribution >= 0.6 is 0 Å². The lowest BCUT2D eigenvalue weighted by molar-refractivity contribution is 0.281. The molecule has 0 aliphatic rings. The summed E-state index contributed by atoms with van der Waals surface area (Å²) in [5.74, 6) is 0.214. The Morgan fingerprint density at radius 3 is 2.53 bits per heavy atom. The van der Waals surface area contributed by atoms with Gasteiger partial charge in [-0.2, -0.15) is 0 Å². The molecule has 4 nitrogen and oxygen atoms in total. The quantitative estimate of drug-likeness (QED) is 0.820. The summed E-state index contributed by atoms with van der Waals surface area (Å²) in [5, 5.41) is 5.12. The van der Waals surface area contributed by atoms with Gasteiger partial charge in [-0.05, 0) is 31.0 Å². The number of primary sulfonamides is 1. The van der Waals surface area contributed by atoms with Crippen molar-refractivity contribution in [3.05, 3.63) is 23.3 Å². The van der Waals surface area contributed by atoms with Crippen LogP contribution in [0.1, 0.15) is 17.5 Å². The smallest absolute Gasteiger partial charge is 0.241 e. The standard InChI is InChI=1S/C11H16FNO3S/c1-8-6-9(2)11(16-5-3-4-12)10(7-8)17(13,14)15/h6-7H,3-5H2,1-2H3,(H2,13,14,15). The second-order valence-electron chi connectivity index (χ2n) is 3.85. The molecule has 0 atom stereocenters. The predicted octanol–water partition coefficient (Wildman–Crippen LogP) is 1.69. The molecule has 0 fully saturated rings. The van der Waals surface area contributed by atoms with Crippen molar-refractivity contribution in [3.63, 3.8) is 0 Å². The highest BCUT2D eigenvalue weighted by Crippen LogP contribution is 2.28. The number of rotatable bonds is 5. The van der Waals surface area contributed by atoms with Crippen molar-refractivity contribution in [1.29, 1.82) is 0 Å². The molecule has 1 aromatic rings. The monoisotopic (exact) mass is 261 g/mol. The van der Waals surface area contributed by atoms with E-state index in [1.807, 2.05) is 0 Å². The maximum absolute atomic E-state index is 12.0. The molecule has 96 valence electrons. The fourth-order valence-corrected chi connectivity index (χ4v) is 2.37. The number of halogens is 1. The van der Waals surface area contributed by atoms with Crippen molar-refractivity contribution < 1.29 is 17.5 Å². The van der Waals surface area contributed by atoms with Gasteiger partial charge >= 0.3 is 0 Å². The van der Waals surface area contributed by atoms with Crippen molar-refractivity contribution >= 4 is 10.0 Å². The summed E-state index contributed by atoms with van der Waals surface area (Å²) in [6.45, 7) is 3.12. The molecule has 0 spiro atoms. The van der Waals surface area contributed by atoms with Gasteiger partial charge in [0.2, 0.25) is 10.0 Å². The summed E-state index contributed by atoms with van der Waals surface area (Å²) in [6.07, 6.45) is 0.220. The fourth-order valence-electron chi connectivity index (χ4n) is 1.54. The van der Waals surface area contributed by atoms with Crippen LogP contribution in [-0.4, -0.2) is 21.7 Å². The van der Waals surface area contributed by atoms with Crippen LogP contribution in [0.15, 0.2) is 17.0 Å². The normalized spacial score (nSPS) is 11.5. The third-order valence-corrected chi connectivity index (χ3v) is 3.13. The molecule has 1 rings (SSSR count). The molecule has 0 heterocycles. The van der Waals surface area contributed by atoms with E-state index in [0.29, 0.717) is 5.56 Å². The first-order valence-electron chi connectivity index (χ1n) is 5.19. The van der Waals surface area contributed by atoms with Gasteiger partial charge < -0.3 is 4.74 Å². The molecule has 6 heteroatoms. The van der Waals surface area contributed by atoms with Crippen molar-refractivity contribution in [2.45, 2.75) is 25.2 Å². The molecule has 0 amide bonds. The van der Waals surface area contributed by atoms with E-state index in [4.69, 9.17) is 9.88 Å². The second-order valence-corrected chi connectivity index (χ2v) is 5.37. The third-order valence-electron chi connectivity index (χ3n) is 2.22. The molecule has 0 saturated carbocycles. The topological polar surface area (TPSA) is 69.4 Å². The maximum Gasteiger partial charge on any atom is 0.241 e. The predicted molar refractivity (Wildman–Crippen MR) is 63.4 cm³/mol. The molecular weight excluding hydrogens is 245 g/mol. The van der Waals surface area contributed by atoms with Crippen LogP contribution < -0.4 is 9.88 Å². The minimum atomic E-state index is -3.83. The van der Waals surface area contributed by atoms with E-state index >= 15 is 0 Å². The molecule has 0 aliphatic heterocycles. The molecule has 0 radical (unpaired) electrons. The van der Waals surface area contributed by atoms with Gasteiger partial charge in [0, 0.05) is 6.42 Å². The lowest BCUT2D eigenvalue weighted by Crippen LogP contribution is -2.15. The lowest BCUT2D eigenvalue weighted by Gasteiger charge is -2.13. The van der Waals surface area contributed by atoms with Crippen molar-refractivity contribution in [3.8, 4) is 5.75 Å². The Hall–Kier alpha value is -1.14. The van der Waals surface area contributed by atoms with Crippen LogP contribution in [0.25, 0.3) is 0 Å². The van der Waals surface area contributed by atoms with Crippen LogP contribution in [0.2, 0.25) is 0 Å². The van der Waals surface area contributed by atoms with Crippen LogP contribution in [0, 0.1) is 13.8 Å². The van der Waals surface area contributed by atoms with Gasteiger partial charge in [0.05, 0.1) is 13.3 Å². The van der Waals surface area contributed by atoms with Gasteiger partial charge in [0.15, 0.2) is 0 Å². The van der Waals surface area contributed by atoms with E-state index in [1.165, 1.54) is 6.07 Å². The molecule has 2 N–H and O–H groups in total. The Kier molecular flexibility index (Phi) is 4.47. The van der Waals surface area contributed by atoms with Gasteiger partial charge in [0.25, 0.3) is 0 Å². The van der Waals surface area contributed by atoms with Crippen molar-refractivity contribution in [2.24, 2.45) is 5.14 Å². The zero-order chi connectivity index (χ0) is 13.1. The summed E-state index contributed by atoms with van der Waals surface area (Å²) < 4.78 is 40.1. The average molecular weight is 261 g/mol. The van der Waals surface area contributed by atoms with Gasteiger partial charge in [-0.1, -0.05) is 6.07 Å². The number of ether oxygens (including phenoxy) is 1. The molecule has 0 aromatic heterocycles. The molecule has 0 saturated heterocycles. The molecule has 0 bridgehead atoms. The molecular formula is C11H16FNO3S. The Bertz CT molecular complexity index is 500. The Balaban J connectivity index is 3.17. The molecule has 0 aliphatic carbocycles. The SMILES string of the molecule is Cc1cc(C)c(OCCCF)c(S(N)(=O)=O)c1. The summed E-state index contributed by atoms with van der Waals surface area (Å²) in [6, 6.07) is 3.24. The highest BCUT2D eigenvalue weighted by Gasteiger charge is 2.18. The van der Waals surface area contributed by atoms with E-state index in [1.54, 1.807) is 19.9 Å². The van der Waals surface area contributed by atoms with Crippen LogP contribution in [-0.2, 0) is 10.0 Å². The number of alkyl halides is 1. The van der Waals surface area contributed by atoms with E-state index in [-0.39, 0.29) is 23.7 Å². The van der Waals surface area contributed by atoms with Crippen molar-refractivity contribution in [1.82, 2.24) is 0 Å². The molecule has 17 heavy (non-hydrogen) atoms. The average Bonchev–Trinajstić information content (AvgIpc) is 2.19. The fraction of sp³-hybridized carbons (Fsp3) is 0.455. The summed E-state index contributed by atoms with van der Waals surface area (Å²) in [4.78, 5) is -0.0474. The van der Waals surface area contributed by atoms with Crippen molar-refractivity contribution in [2.75, 3.05) is 13.3 Å². The summed E-state index contributed by atoms with van der Waals surface area (Å²) >= 11 is 0. The summed E-state index contributed by atoms with van der Waals surface area (Å²) in [7, 11) is -3.83. The second kappa shape index (κ2) is 5.46. The summed E-state index contributed by atoms with van der Waals surface area (Å²) in [5.41, 5.74) is 1.46. The van der Waals surface area contributed by atoms with Crippen LogP contribution in [0.4, 0.5) is 4.39 Å². The van der Waals surface area contributed by atoms with E-state index in [2.05, 4.69) is 0 Å². The zero-order valence-corrected chi connectivity index (χ0v) is 10.7. The van der Waals surface area contributed by atoms with Gasteiger partial charge in [-0.15, -0.1) is 0 Å². The van der Waals surface area contributed by atoms with Crippen LogP contribution in [0.3, 0.4) is 0 Å². The van der Waals surface area contributed by atoms with Crippen LogP contribution in [0.5, 0.6) is 5.75 Å². The third kappa shape index (κ3) is 3.67. The number of nitrogens with two attached hydrogens (primary N) is 1. The number of sulfonamides is 1. The minimum Gasteiger partial charge on any atom is -0.492 e. The highest BCUT2D eigenvalue weighted by atomic mass is 32.2. The minimum absolute atomic E-state index is 0.0474. The van der Waals surface area contributed by atoms with E-state index in [0.717, 1.165) is 5.56 Å². The first kappa shape index (κ1) is 13.9. The first-order valence-corrected chi connectivity index (χ1v) is 6.73. The highest BCUT2D eigenvalue weighted by molar-refractivity contribution is 7.89. The first-order chi connectivity index (χ1) is 7.86. The van der Waals surface area contributed by atoms with E-state index < -0.39 is 16.7 Å². The Morgan fingerprint density at radius 2 is 2.00 bits per heavy atom. The number of hydrogen-bond donors (Lipinski definition) is 1. The molecule has 0 unspecified atom stereocenters. The number of hydrogen-bond acceptors (Lipinski definition) is 3. The van der Waals surface area contributed by atoms with Gasteiger partial charge in [0.1, 0.15) is 10.6 Å². The lowest BCUT2D eigenvalue weighted by atomic mass is 10.1. The van der Waals surface area contributed by atoms with Gasteiger partial charge in [-0.3, -0.25) is 4.39 Å².